The van der Waals surface area contributed by atoms with Gasteiger partial charge in [-0.25, -0.2) is 4.98 Å². The molecule has 3 aliphatic rings. The number of nitrogens with one attached hydrogen (secondary N) is 2. The molecule has 166 valence electrons. The van der Waals surface area contributed by atoms with Gasteiger partial charge in [0.25, 0.3) is 0 Å². The Morgan fingerprint density at radius 1 is 1.23 bits per heavy atom. The molecule has 31 heavy (non-hydrogen) atoms. The van der Waals surface area contributed by atoms with E-state index in [2.05, 4.69) is 32.5 Å². The third-order valence-electron chi connectivity index (χ3n) is 7.75. The normalized spacial score (nSPS) is 22.8. The van der Waals surface area contributed by atoms with E-state index >= 15 is 0 Å². The molecule has 4 N–H and O–H groups in total. The number of rotatable bonds is 6. The van der Waals surface area contributed by atoms with Gasteiger partial charge in [-0.3, -0.25) is 9.48 Å². The van der Waals surface area contributed by atoms with Crippen LogP contribution < -0.4 is 21.3 Å². The average molecular weight is 425 g/mol. The average Bonchev–Trinajstić information content (AvgIpc) is 3.50. The van der Waals surface area contributed by atoms with Gasteiger partial charge in [-0.05, 0) is 63.1 Å². The molecule has 0 spiro atoms. The highest BCUT2D eigenvalue weighted by molar-refractivity contribution is 5.84. The van der Waals surface area contributed by atoms with Gasteiger partial charge in [-0.15, -0.1) is 0 Å². The lowest BCUT2D eigenvalue weighted by Crippen LogP contribution is -2.47. The number of amides is 1. The van der Waals surface area contributed by atoms with E-state index in [1.165, 1.54) is 0 Å². The highest BCUT2D eigenvalue weighted by Gasteiger charge is 2.61. The van der Waals surface area contributed by atoms with Gasteiger partial charge in [0.2, 0.25) is 11.9 Å². The summed E-state index contributed by atoms with van der Waals surface area (Å²) in [4.78, 5) is 23.4. The summed E-state index contributed by atoms with van der Waals surface area (Å²) in [5, 5.41) is 11.2. The van der Waals surface area contributed by atoms with E-state index in [0.29, 0.717) is 12.0 Å². The molecule has 4 heterocycles. The number of nitrogens with zero attached hydrogens (tertiary/aromatic N) is 5. The summed E-state index contributed by atoms with van der Waals surface area (Å²) in [6.07, 6.45) is 11.6. The second-order valence-electron chi connectivity index (χ2n) is 9.55. The molecule has 2 aliphatic heterocycles. The molecule has 2 aromatic rings. The van der Waals surface area contributed by atoms with Gasteiger partial charge in [0, 0.05) is 25.5 Å². The van der Waals surface area contributed by atoms with Crippen LogP contribution in [0.3, 0.4) is 0 Å². The van der Waals surface area contributed by atoms with Crippen molar-refractivity contribution in [3.8, 4) is 0 Å². The smallest absolute Gasteiger partial charge is 0.229 e. The highest BCUT2D eigenvalue weighted by atomic mass is 16.1. The van der Waals surface area contributed by atoms with Crippen molar-refractivity contribution < 1.29 is 4.79 Å². The Bertz CT molecular complexity index is 938. The fraction of sp³-hybridized carbons (Fsp3) is 0.636. The van der Waals surface area contributed by atoms with Crippen LogP contribution in [0.5, 0.6) is 0 Å². The Hall–Kier alpha value is -2.68. The second-order valence-corrected chi connectivity index (χ2v) is 9.55. The summed E-state index contributed by atoms with van der Waals surface area (Å²) < 4.78 is 2.05. The monoisotopic (exact) mass is 424 g/mol. The van der Waals surface area contributed by atoms with Crippen molar-refractivity contribution in [3.05, 3.63) is 24.7 Å². The number of hydrogen-bond donors (Lipinski definition) is 3. The van der Waals surface area contributed by atoms with Crippen molar-refractivity contribution in [3.63, 3.8) is 0 Å². The van der Waals surface area contributed by atoms with Gasteiger partial charge in [0.1, 0.15) is 5.82 Å². The van der Waals surface area contributed by atoms with Crippen LogP contribution in [0.1, 0.15) is 51.5 Å². The molecular formula is C22H32N8O. The zero-order valence-electron chi connectivity index (χ0n) is 18.2. The van der Waals surface area contributed by atoms with Gasteiger partial charge in [0.05, 0.1) is 23.3 Å². The minimum atomic E-state index is -0.286. The Morgan fingerprint density at radius 2 is 1.97 bits per heavy atom. The van der Waals surface area contributed by atoms with Crippen LogP contribution in [0.4, 0.5) is 17.5 Å². The zero-order chi connectivity index (χ0) is 21.5. The van der Waals surface area contributed by atoms with Crippen molar-refractivity contribution >= 4 is 23.4 Å². The van der Waals surface area contributed by atoms with Crippen LogP contribution in [0.2, 0.25) is 0 Å². The molecule has 0 atom stereocenters. The first kappa shape index (κ1) is 20.2. The molecule has 0 aromatic carbocycles. The maximum absolute atomic E-state index is 12.0. The first-order valence-electron chi connectivity index (χ1n) is 11.4. The van der Waals surface area contributed by atoms with E-state index in [9.17, 15) is 4.79 Å². The molecule has 1 amide bonds. The van der Waals surface area contributed by atoms with Gasteiger partial charge in [-0.2, -0.15) is 10.1 Å². The molecule has 0 bridgehead atoms. The van der Waals surface area contributed by atoms with E-state index in [1.807, 2.05) is 23.1 Å². The SMILES string of the molecule is CC1(C2(C(N)=O)CC2)CCN(c2ccnc(Nc3cnn(C4CCNCC4)c3)n2)CC1. The second kappa shape index (κ2) is 7.78. The van der Waals surface area contributed by atoms with Crippen LogP contribution in [-0.4, -0.2) is 51.8 Å². The summed E-state index contributed by atoms with van der Waals surface area (Å²) in [6.45, 7) is 6.04. The lowest BCUT2D eigenvalue weighted by Gasteiger charge is -2.44. The third kappa shape index (κ3) is 3.75. The van der Waals surface area contributed by atoms with Crippen LogP contribution in [0.25, 0.3) is 0 Å². The van der Waals surface area contributed by atoms with Crippen molar-refractivity contribution in [1.29, 1.82) is 0 Å². The number of carbonyl (C=O) groups excluding carboxylic acids is 1. The largest absolute Gasteiger partial charge is 0.369 e. The summed E-state index contributed by atoms with van der Waals surface area (Å²) >= 11 is 0. The number of primary amides is 1. The fourth-order valence-corrected chi connectivity index (χ4v) is 5.37. The Kier molecular flexibility index (Phi) is 5.08. The molecular weight excluding hydrogens is 392 g/mol. The van der Waals surface area contributed by atoms with Crippen molar-refractivity contribution in [2.45, 2.75) is 51.5 Å². The van der Waals surface area contributed by atoms with Crippen LogP contribution in [-0.2, 0) is 4.79 Å². The van der Waals surface area contributed by atoms with Gasteiger partial charge in [-0.1, -0.05) is 6.92 Å². The van der Waals surface area contributed by atoms with E-state index in [4.69, 9.17) is 10.7 Å². The van der Waals surface area contributed by atoms with E-state index in [-0.39, 0.29) is 16.7 Å². The van der Waals surface area contributed by atoms with Gasteiger partial charge >= 0.3 is 0 Å². The third-order valence-corrected chi connectivity index (χ3v) is 7.75. The summed E-state index contributed by atoms with van der Waals surface area (Å²) in [7, 11) is 0. The summed E-state index contributed by atoms with van der Waals surface area (Å²) in [5.74, 6) is 1.36. The van der Waals surface area contributed by atoms with Crippen LogP contribution in [0.15, 0.2) is 24.7 Å². The van der Waals surface area contributed by atoms with Crippen molar-refractivity contribution in [2.24, 2.45) is 16.6 Å². The molecule has 0 radical (unpaired) electrons. The molecule has 3 fully saturated rings. The molecule has 5 rings (SSSR count). The van der Waals surface area contributed by atoms with Crippen LogP contribution >= 0.6 is 0 Å². The lowest BCUT2D eigenvalue weighted by atomic mass is 9.67. The number of hydrogen-bond acceptors (Lipinski definition) is 7. The fourth-order valence-electron chi connectivity index (χ4n) is 5.37. The van der Waals surface area contributed by atoms with E-state index in [1.54, 1.807) is 6.20 Å². The molecule has 1 aliphatic carbocycles. The van der Waals surface area contributed by atoms with E-state index in [0.717, 1.165) is 76.2 Å². The maximum atomic E-state index is 12.0. The van der Waals surface area contributed by atoms with Crippen molar-refractivity contribution in [2.75, 3.05) is 36.4 Å². The number of piperidine rings is 2. The predicted molar refractivity (Wildman–Crippen MR) is 119 cm³/mol. The molecule has 2 saturated heterocycles. The summed E-state index contributed by atoms with van der Waals surface area (Å²) in [5.41, 5.74) is 6.35. The topological polar surface area (TPSA) is 114 Å². The van der Waals surface area contributed by atoms with E-state index < -0.39 is 0 Å². The Balaban J connectivity index is 1.23. The molecule has 9 heteroatoms. The van der Waals surface area contributed by atoms with Gasteiger partial charge in [0.15, 0.2) is 0 Å². The standard InChI is InChI=1S/C22H32N8O/c1-21(22(5-6-22)19(23)31)7-12-29(13-8-21)18-4-11-25-20(28-18)27-16-14-26-30(15-16)17-2-9-24-10-3-17/h4,11,14-15,17,24H,2-3,5-10,12-13H2,1H3,(H2,23,31)(H,25,27,28). The number of anilines is 3. The number of carbonyl (C=O) groups is 1. The molecule has 0 unspecified atom stereocenters. The highest BCUT2D eigenvalue weighted by Crippen LogP contribution is 2.62. The molecule has 9 nitrogen and oxygen atoms in total. The molecule has 1 saturated carbocycles. The summed E-state index contributed by atoms with van der Waals surface area (Å²) in [6, 6.07) is 2.40. The first-order chi connectivity index (χ1) is 15.0. The maximum Gasteiger partial charge on any atom is 0.229 e. The Morgan fingerprint density at radius 3 is 2.65 bits per heavy atom. The number of nitrogens with two attached hydrogens (primary N) is 1. The van der Waals surface area contributed by atoms with Crippen LogP contribution in [0, 0.1) is 10.8 Å². The zero-order valence-corrected chi connectivity index (χ0v) is 18.2. The van der Waals surface area contributed by atoms with Gasteiger partial charge < -0.3 is 21.3 Å². The predicted octanol–water partition coefficient (Wildman–Crippen LogP) is 2.21. The van der Waals surface area contributed by atoms with Crippen molar-refractivity contribution in [1.82, 2.24) is 25.1 Å². The first-order valence-corrected chi connectivity index (χ1v) is 11.4. The molecule has 2 aromatic heterocycles. The number of aromatic nitrogens is 4. The minimum absolute atomic E-state index is 0.00728. The Labute approximate surface area is 182 Å². The lowest BCUT2D eigenvalue weighted by molar-refractivity contribution is -0.128. The quantitative estimate of drug-likeness (QED) is 0.651. The minimum Gasteiger partial charge on any atom is -0.369 e.